The van der Waals surface area contributed by atoms with E-state index in [-0.39, 0.29) is 5.82 Å². The van der Waals surface area contributed by atoms with Crippen molar-refractivity contribution in [3.8, 4) is 0 Å². The summed E-state index contributed by atoms with van der Waals surface area (Å²) < 4.78 is 13.1. The Morgan fingerprint density at radius 3 is 2.74 bits per heavy atom. The van der Waals surface area contributed by atoms with Crippen molar-refractivity contribution in [1.82, 2.24) is 4.98 Å². The highest BCUT2D eigenvalue weighted by atomic mass is 32.1. The maximum absolute atomic E-state index is 13.1. The van der Waals surface area contributed by atoms with Gasteiger partial charge in [0.05, 0.1) is 0 Å². The predicted molar refractivity (Wildman–Crippen MR) is 78.6 cm³/mol. The molecule has 1 heterocycles. The quantitative estimate of drug-likeness (QED) is 0.871. The summed E-state index contributed by atoms with van der Waals surface area (Å²) in [5.74, 6) is 0.548. The second kappa shape index (κ2) is 5.75. The monoisotopic (exact) mass is 275 g/mol. The van der Waals surface area contributed by atoms with E-state index in [0.29, 0.717) is 11.5 Å². The third kappa shape index (κ3) is 3.48. The Labute approximate surface area is 116 Å². The minimum atomic E-state index is -0.234. The molecule has 0 radical (unpaired) electrons. The number of hydrogen-bond donors (Lipinski definition) is 1. The molecule has 0 unspecified atom stereocenters. The molecule has 0 aliphatic rings. The van der Waals surface area contributed by atoms with Gasteiger partial charge in [0.25, 0.3) is 0 Å². The normalized spacial score (nSPS) is 10.2. The van der Waals surface area contributed by atoms with Gasteiger partial charge in [0.15, 0.2) is 0 Å². The zero-order valence-corrected chi connectivity index (χ0v) is 11.3. The highest BCUT2D eigenvalue weighted by Crippen LogP contribution is 2.14. The summed E-state index contributed by atoms with van der Waals surface area (Å²) >= 11 is 4.87. The van der Waals surface area contributed by atoms with Crippen LogP contribution in [0.5, 0.6) is 0 Å². The van der Waals surface area contributed by atoms with Gasteiger partial charge in [-0.05, 0) is 29.8 Å². The fourth-order valence-corrected chi connectivity index (χ4v) is 1.87. The van der Waals surface area contributed by atoms with E-state index in [2.05, 4.69) is 4.98 Å². The summed E-state index contributed by atoms with van der Waals surface area (Å²) in [6.07, 6.45) is 1.64. The molecule has 1 aromatic carbocycles. The molecular weight excluding hydrogens is 261 g/mol. The van der Waals surface area contributed by atoms with Gasteiger partial charge in [-0.25, -0.2) is 9.37 Å². The Bertz CT molecular complexity index is 583. The standard InChI is InChI=1S/C14H14FN3S/c1-18(9-10-3-2-4-12(15)7-10)13-6-5-11(8-17-13)14(16)19/h2-8H,9H2,1H3,(H2,16,19). The van der Waals surface area contributed by atoms with Gasteiger partial charge in [0.2, 0.25) is 0 Å². The van der Waals surface area contributed by atoms with Crippen LogP contribution in [0.3, 0.4) is 0 Å². The van der Waals surface area contributed by atoms with E-state index >= 15 is 0 Å². The van der Waals surface area contributed by atoms with Crippen molar-refractivity contribution >= 4 is 23.0 Å². The number of halogens is 1. The lowest BCUT2D eigenvalue weighted by Gasteiger charge is -2.18. The average Bonchev–Trinajstić information content (AvgIpc) is 2.39. The first-order valence-corrected chi connectivity index (χ1v) is 6.18. The van der Waals surface area contributed by atoms with E-state index < -0.39 is 0 Å². The fraction of sp³-hybridized carbons (Fsp3) is 0.143. The zero-order valence-electron chi connectivity index (χ0n) is 10.5. The topological polar surface area (TPSA) is 42.1 Å². The summed E-state index contributed by atoms with van der Waals surface area (Å²) in [5.41, 5.74) is 7.14. The summed E-state index contributed by atoms with van der Waals surface area (Å²) in [6.45, 7) is 0.581. The minimum Gasteiger partial charge on any atom is -0.389 e. The van der Waals surface area contributed by atoms with Crippen LogP contribution in [0.25, 0.3) is 0 Å². The molecule has 2 aromatic rings. The van der Waals surface area contributed by atoms with Crippen molar-refractivity contribution < 1.29 is 4.39 Å². The molecule has 19 heavy (non-hydrogen) atoms. The van der Waals surface area contributed by atoms with E-state index in [4.69, 9.17) is 18.0 Å². The smallest absolute Gasteiger partial charge is 0.128 e. The first-order valence-electron chi connectivity index (χ1n) is 5.77. The summed E-state index contributed by atoms with van der Waals surface area (Å²) in [4.78, 5) is 6.54. The van der Waals surface area contributed by atoms with Crippen LogP contribution in [-0.2, 0) is 6.54 Å². The van der Waals surface area contributed by atoms with Gasteiger partial charge in [-0.3, -0.25) is 0 Å². The molecule has 2 rings (SSSR count). The van der Waals surface area contributed by atoms with Gasteiger partial charge in [0, 0.05) is 25.4 Å². The molecule has 0 aliphatic carbocycles. The number of pyridine rings is 1. The number of rotatable bonds is 4. The highest BCUT2D eigenvalue weighted by molar-refractivity contribution is 7.80. The van der Waals surface area contributed by atoms with Crippen molar-refractivity contribution in [3.63, 3.8) is 0 Å². The highest BCUT2D eigenvalue weighted by Gasteiger charge is 2.05. The zero-order chi connectivity index (χ0) is 13.8. The molecule has 0 bridgehead atoms. The van der Waals surface area contributed by atoms with Gasteiger partial charge < -0.3 is 10.6 Å². The molecule has 0 atom stereocenters. The number of benzene rings is 1. The molecule has 98 valence electrons. The second-order valence-electron chi connectivity index (χ2n) is 4.26. The number of thiocarbonyl (C=S) groups is 1. The van der Waals surface area contributed by atoms with Gasteiger partial charge in [-0.15, -0.1) is 0 Å². The molecule has 0 spiro atoms. The van der Waals surface area contributed by atoms with Crippen LogP contribution in [-0.4, -0.2) is 17.0 Å². The van der Waals surface area contributed by atoms with Crippen molar-refractivity contribution in [1.29, 1.82) is 0 Å². The number of nitrogens with zero attached hydrogens (tertiary/aromatic N) is 2. The van der Waals surface area contributed by atoms with Gasteiger partial charge in [-0.2, -0.15) is 0 Å². The molecule has 0 saturated carbocycles. The average molecular weight is 275 g/mol. The Morgan fingerprint density at radius 1 is 1.37 bits per heavy atom. The molecule has 1 aromatic heterocycles. The van der Waals surface area contributed by atoms with E-state index in [0.717, 1.165) is 16.9 Å². The summed E-state index contributed by atoms with van der Waals surface area (Å²) in [6, 6.07) is 10.2. The molecule has 0 amide bonds. The third-order valence-electron chi connectivity index (χ3n) is 2.73. The molecule has 2 N–H and O–H groups in total. The molecular formula is C14H14FN3S. The SMILES string of the molecule is CN(Cc1cccc(F)c1)c1ccc(C(N)=S)cn1. The number of nitrogens with two attached hydrogens (primary N) is 1. The molecule has 0 saturated heterocycles. The Balaban J connectivity index is 2.11. The predicted octanol–water partition coefficient (Wildman–Crippen LogP) is 2.49. The minimum absolute atomic E-state index is 0.234. The van der Waals surface area contributed by atoms with E-state index in [1.54, 1.807) is 12.3 Å². The van der Waals surface area contributed by atoms with E-state index in [1.807, 2.05) is 30.1 Å². The lowest BCUT2D eigenvalue weighted by molar-refractivity contribution is 0.625. The molecule has 0 fully saturated rings. The lowest BCUT2D eigenvalue weighted by Crippen LogP contribution is -2.18. The van der Waals surface area contributed by atoms with Gasteiger partial charge in [0.1, 0.15) is 16.6 Å². The Hall–Kier alpha value is -2.01. The maximum atomic E-state index is 13.1. The van der Waals surface area contributed by atoms with E-state index in [1.165, 1.54) is 12.1 Å². The Morgan fingerprint density at radius 2 is 2.16 bits per heavy atom. The second-order valence-corrected chi connectivity index (χ2v) is 4.70. The summed E-state index contributed by atoms with van der Waals surface area (Å²) in [5, 5.41) is 0. The largest absolute Gasteiger partial charge is 0.389 e. The lowest BCUT2D eigenvalue weighted by atomic mass is 10.2. The first kappa shape index (κ1) is 13.4. The van der Waals surface area contributed by atoms with Crippen LogP contribution < -0.4 is 10.6 Å². The van der Waals surface area contributed by atoms with Crippen molar-refractivity contribution in [2.24, 2.45) is 5.73 Å². The van der Waals surface area contributed by atoms with Crippen LogP contribution in [0.1, 0.15) is 11.1 Å². The van der Waals surface area contributed by atoms with Crippen molar-refractivity contribution in [3.05, 3.63) is 59.5 Å². The number of anilines is 1. The fourth-order valence-electron chi connectivity index (χ4n) is 1.75. The summed E-state index contributed by atoms with van der Waals surface area (Å²) in [7, 11) is 1.90. The number of hydrogen-bond acceptors (Lipinski definition) is 3. The number of aromatic nitrogens is 1. The Kier molecular flexibility index (Phi) is 4.06. The molecule has 0 aliphatic heterocycles. The van der Waals surface area contributed by atoms with Gasteiger partial charge in [-0.1, -0.05) is 24.4 Å². The van der Waals surface area contributed by atoms with Crippen molar-refractivity contribution in [2.75, 3.05) is 11.9 Å². The van der Waals surface area contributed by atoms with Crippen LogP contribution in [0.2, 0.25) is 0 Å². The van der Waals surface area contributed by atoms with Crippen LogP contribution in [0.15, 0.2) is 42.6 Å². The van der Waals surface area contributed by atoms with Crippen molar-refractivity contribution in [2.45, 2.75) is 6.54 Å². The molecule has 5 heteroatoms. The van der Waals surface area contributed by atoms with Crippen LogP contribution in [0, 0.1) is 5.82 Å². The van der Waals surface area contributed by atoms with Crippen LogP contribution in [0.4, 0.5) is 10.2 Å². The maximum Gasteiger partial charge on any atom is 0.128 e. The molecule has 3 nitrogen and oxygen atoms in total. The van der Waals surface area contributed by atoms with Gasteiger partial charge >= 0.3 is 0 Å². The van der Waals surface area contributed by atoms with E-state index in [9.17, 15) is 4.39 Å². The third-order valence-corrected chi connectivity index (χ3v) is 2.97. The first-order chi connectivity index (χ1) is 9.06. The van der Waals surface area contributed by atoms with Crippen LogP contribution >= 0.6 is 12.2 Å².